The van der Waals surface area contributed by atoms with Crippen molar-refractivity contribution in [2.45, 2.75) is 64.5 Å². The maximum atomic E-state index is 6.72. The number of hydrogen-bond donors (Lipinski definition) is 1. The van der Waals surface area contributed by atoms with Crippen molar-refractivity contribution in [3.8, 4) is 0 Å². The van der Waals surface area contributed by atoms with Gasteiger partial charge in [-0.25, -0.2) is 0 Å². The number of nitrogens with zero attached hydrogens (tertiary/aromatic N) is 1. The van der Waals surface area contributed by atoms with E-state index in [1.165, 1.54) is 42.4 Å². The SMILES string of the molecule is Cc1cc(C)cc(CC(N)C2(N(C)C)CCC(C)CC2)c1. The molecule has 0 aliphatic heterocycles. The second-order valence-electron chi connectivity index (χ2n) is 7.49. The molecule has 1 saturated carbocycles. The average Bonchev–Trinajstić information content (AvgIpc) is 2.38. The smallest absolute Gasteiger partial charge is 0.0357 e. The number of rotatable bonds is 4. The van der Waals surface area contributed by atoms with Crippen molar-refractivity contribution in [3.63, 3.8) is 0 Å². The van der Waals surface area contributed by atoms with E-state index in [-0.39, 0.29) is 11.6 Å². The fraction of sp³-hybridized carbons (Fsp3) is 0.684. The standard InChI is InChI=1S/C19H32N2/c1-14-6-8-19(9-7-14,21(4)5)18(20)13-17-11-15(2)10-16(3)12-17/h10-12,14,18H,6-9,13,20H2,1-5H3. The molecule has 0 radical (unpaired) electrons. The lowest BCUT2D eigenvalue weighted by molar-refractivity contribution is 0.0568. The highest BCUT2D eigenvalue weighted by molar-refractivity contribution is 5.29. The predicted molar refractivity (Wildman–Crippen MR) is 91.6 cm³/mol. The second kappa shape index (κ2) is 6.50. The van der Waals surface area contributed by atoms with Crippen molar-refractivity contribution < 1.29 is 0 Å². The van der Waals surface area contributed by atoms with E-state index in [2.05, 4.69) is 58.0 Å². The minimum Gasteiger partial charge on any atom is -0.326 e. The van der Waals surface area contributed by atoms with Gasteiger partial charge in [-0.15, -0.1) is 0 Å². The molecule has 0 heterocycles. The highest BCUT2D eigenvalue weighted by Gasteiger charge is 2.41. The molecule has 0 spiro atoms. The van der Waals surface area contributed by atoms with Gasteiger partial charge in [0.15, 0.2) is 0 Å². The Labute approximate surface area is 130 Å². The molecular formula is C19H32N2. The van der Waals surface area contributed by atoms with Crippen LogP contribution >= 0.6 is 0 Å². The summed E-state index contributed by atoms with van der Waals surface area (Å²) in [7, 11) is 4.41. The van der Waals surface area contributed by atoms with Crippen LogP contribution in [0.5, 0.6) is 0 Å². The third-order valence-corrected chi connectivity index (χ3v) is 5.46. The minimum absolute atomic E-state index is 0.171. The Morgan fingerprint density at radius 3 is 2.14 bits per heavy atom. The highest BCUT2D eigenvalue weighted by Crippen LogP contribution is 2.38. The molecule has 1 fully saturated rings. The summed E-state index contributed by atoms with van der Waals surface area (Å²) in [6.45, 7) is 6.72. The summed E-state index contributed by atoms with van der Waals surface area (Å²) in [4.78, 5) is 2.40. The summed E-state index contributed by atoms with van der Waals surface area (Å²) >= 11 is 0. The number of benzene rings is 1. The normalized spacial score (nSPS) is 27.9. The molecule has 118 valence electrons. The van der Waals surface area contributed by atoms with Crippen LogP contribution in [0.3, 0.4) is 0 Å². The Kier molecular flexibility index (Phi) is 5.11. The molecule has 0 aromatic heterocycles. The zero-order valence-corrected chi connectivity index (χ0v) is 14.4. The van der Waals surface area contributed by atoms with E-state index in [0.717, 1.165) is 12.3 Å². The molecule has 1 aromatic carbocycles. The number of hydrogen-bond acceptors (Lipinski definition) is 2. The van der Waals surface area contributed by atoms with Gasteiger partial charge in [-0.05, 0) is 71.5 Å². The molecule has 1 aliphatic carbocycles. The molecule has 2 rings (SSSR count). The average molecular weight is 288 g/mol. The summed E-state index contributed by atoms with van der Waals surface area (Å²) in [6.07, 6.45) is 6.05. The maximum absolute atomic E-state index is 6.72. The topological polar surface area (TPSA) is 29.3 Å². The molecular weight excluding hydrogens is 256 g/mol. The Morgan fingerprint density at radius 2 is 1.67 bits per heavy atom. The van der Waals surface area contributed by atoms with E-state index < -0.39 is 0 Å². The van der Waals surface area contributed by atoms with Crippen LogP contribution in [-0.4, -0.2) is 30.6 Å². The maximum Gasteiger partial charge on any atom is 0.0357 e. The minimum atomic E-state index is 0.171. The lowest BCUT2D eigenvalue weighted by Gasteiger charge is -2.48. The fourth-order valence-corrected chi connectivity index (χ4v) is 4.04. The molecule has 21 heavy (non-hydrogen) atoms. The fourth-order valence-electron chi connectivity index (χ4n) is 4.04. The molecule has 0 bridgehead atoms. The van der Waals surface area contributed by atoms with Crippen molar-refractivity contribution in [2.24, 2.45) is 11.7 Å². The van der Waals surface area contributed by atoms with Gasteiger partial charge in [-0.3, -0.25) is 0 Å². The molecule has 0 saturated heterocycles. The van der Waals surface area contributed by atoms with Crippen molar-refractivity contribution in [3.05, 3.63) is 34.9 Å². The van der Waals surface area contributed by atoms with Gasteiger partial charge in [-0.2, -0.15) is 0 Å². The van der Waals surface area contributed by atoms with E-state index in [1.54, 1.807) is 0 Å². The number of likely N-dealkylation sites (N-methyl/N-ethyl adjacent to an activating group) is 1. The molecule has 2 heteroatoms. The van der Waals surface area contributed by atoms with E-state index >= 15 is 0 Å². The van der Waals surface area contributed by atoms with Gasteiger partial charge in [-0.1, -0.05) is 36.2 Å². The van der Waals surface area contributed by atoms with Gasteiger partial charge in [0.25, 0.3) is 0 Å². The molecule has 1 aromatic rings. The van der Waals surface area contributed by atoms with E-state index in [9.17, 15) is 0 Å². The van der Waals surface area contributed by atoms with E-state index in [1.807, 2.05) is 0 Å². The second-order valence-corrected chi connectivity index (χ2v) is 7.49. The van der Waals surface area contributed by atoms with Crippen molar-refractivity contribution in [1.82, 2.24) is 4.90 Å². The Hall–Kier alpha value is -0.860. The van der Waals surface area contributed by atoms with Crippen LogP contribution in [-0.2, 0) is 6.42 Å². The lowest BCUT2D eigenvalue weighted by Crippen LogP contribution is -2.59. The number of aryl methyl sites for hydroxylation is 2. The molecule has 1 atom stereocenters. The first-order valence-electron chi connectivity index (χ1n) is 8.33. The van der Waals surface area contributed by atoms with Crippen LogP contribution in [0, 0.1) is 19.8 Å². The summed E-state index contributed by atoms with van der Waals surface area (Å²) in [5.41, 5.74) is 11.0. The van der Waals surface area contributed by atoms with Crippen LogP contribution in [0.1, 0.15) is 49.3 Å². The van der Waals surface area contributed by atoms with Crippen LogP contribution in [0.2, 0.25) is 0 Å². The molecule has 2 N–H and O–H groups in total. The Morgan fingerprint density at radius 1 is 1.14 bits per heavy atom. The summed E-state index contributed by atoms with van der Waals surface area (Å²) < 4.78 is 0. The van der Waals surface area contributed by atoms with Crippen molar-refractivity contribution in [2.75, 3.05) is 14.1 Å². The molecule has 1 unspecified atom stereocenters. The van der Waals surface area contributed by atoms with Gasteiger partial charge in [0.05, 0.1) is 0 Å². The van der Waals surface area contributed by atoms with E-state index in [0.29, 0.717) is 0 Å². The Bertz CT molecular complexity index is 450. The number of nitrogens with two attached hydrogens (primary N) is 1. The van der Waals surface area contributed by atoms with Gasteiger partial charge >= 0.3 is 0 Å². The summed E-state index contributed by atoms with van der Waals surface area (Å²) in [5.74, 6) is 0.853. The van der Waals surface area contributed by atoms with Crippen LogP contribution in [0.25, 0.3) is 0 Å². The van der Waals surface area contributed by atoms with Crippen molar-refractivity contribution in [1.29, 1.82) is 0 Å². The lowest BCUT2D eigenvalue weighted by atomic mass is 9.71. The van der Waals surface area contributed by atoms with Gasteiger partial charge in [0, 0.05) is 11.6 Å². The van der Waals surface area contributed by atoms with Crippen LogP contribution < -0.4 is 5.73 Å². The summed E-state index contributed by atoms with van der Waals surface area (Å²) in [6, 6.07) is 7.03. The zero-order valence-electron chi connectivity index (χ0n) is 14.4. The molecule has 1 aliphatic rings. The van der Waals surface area contributed by atoms with Gasteiger partial charge < -0.3 is 10.6 Å². The summed E-state index contributed by atoms with van der Waals surface area (Å²) in [5, 5.41) is 0. The molecule has 2 nitrogen and oxygen atoms in total. The largest absolute Gasteiger partial charge is 0.326 e. The first kappa shape index (κ1) is 16.5. The van der Waals surface area contributed by atoms with E-state index in [4.69, 9.17) is 5.73 Å². The third kappa shape index (κ3) is 3.67. The molecule has 0 amide bonds. The third-order valence-electron chi connectivity index (χ3n) is 5.46. The predicted octanol–water partition coefficient (Wildman–Crippen LogP) is 3.68. The van der Waals surface area contributed by atoms with Gasteiger partial charge in [0.1, 0.15) is 0 Å². The van der Waals surface area contributed by atoms with Crippen LogP contribution in [0.15, 0.2) is 18.2 Å². The highest BCUT2D eigenvalue weighted by atomic mass is 15.2. The van der Waals surface area contributed by atoms with Crippen LogP contribution in [0.4, 0.5) is 0 Å². The first-order chi connectivity index (χ1) is 9.83. The zero-order chi connectivity index (χ0) is 15.6. The van der Waals surface area contributed by atoms with Crippen molar-refractivity contribution >= 4 is 0 Å². The van der Waals surface area contributed by atoms with Gasteiger partial charge in [0.2, 0.25) is 0 Å². The Balaban J connectivity index is 2.17. The quantitative estimate of drug-likeness (QED) is 0.915. The monoisotopic (exact) mass is 288 g/mol. The first-order valence-corrected chi connectivity index (χ1v) is 8.33.